The summed E-state index contributed by atoms with van der Waals surface area (Å²) in [5.41, 5.74) is 1.28. The first-order valence-electron chi connectivity index (χ1n) is 6.31. The summed E-state index contributed by atoms with van der Waals surface area (Å²) in [7, 11) is 0. The molecule has 0 amide bonds. The SMILES string of the molecule is [CH2]CCCCCCCOc1ccc(C)cc1. The topological polar surface area (TPSA) is 9.23 Å². The Labute approximate surface area is 99.8 Å². The minimum Gasteiger partial charge on any atom is -0.494 e. The average molecular weight is 219 g/mol. The van der Waals surface area contributed by atoms with E-state index in [1.54, 1.807) is 0 Å². The molecule has 0 N–H and O–H groups in total. The Kier molecular flexibility index (Phi) is 6.71. The van der Waals surface area contributed by atoms with Crippen molar-refractivity contribution in [3.63, 3.8) is 0 Å². The van der Waals surface area contributed by atoms with E-state index in [9.17, 15) is 0 Å². The van der Waals surface area contributed by atoms with E-state index in [-0.39, 0.29) is 0 Å². The molecule has 1 heteroatoms. The highest BCUT2D eigenvalue weighted by Gasteiger charge is 1.93. The van der Waals surface area contributed by atoms with Gasteiger partial charge in [-0.15, -0.1) is 0 Å². The van der Waals surface area contributed by atoms with Crippen LogP contribution in [0.3, 0.4) is 0 Å². The maximum absolute atomic E-state index is 5.66. The van der Waals surface area contributed by atoms with Gasteiger partial charge in [-0.25, -0.2) is 0 Å². The molecule has 0 saturated heterocycles. The van der Waals surface area contributed by atoms with E-state index in [2.05, 4.69) is 26.0 Å². The Morgan fingerprint density at radius 3 is 2.25 bits per heavy atom. The number of rotatable bonds is 8. The lowest BCUT2D eigenvalue weighted by molar-refractivity contribution is 0.304. The van der Waals surface area contributed by atoms with Gasteiger partial charge in [-0.3, -0.25) is 0 Å². The lowest BCUT2D eigenvalue weighted by atomic mass is 10.1. The summed E-state index contributed by atoms with van der Waals surface area (Å²) < 4.78 is 5.66. The average Bonchev–Trinajstić information content (AvgIpc) is 2.30. The Hall–Kier alpha value is -0.980. The van der Waals surface area contributed by atoms with Gasteiger partial charge in [0.25, 0.3) is 0 Å². The van der Waals surface area contributed by atoms with Crippen molar-refractivity contribution >= 4 is 0 Å². The van der Waals surface area contributed by atoms with Crippen molar-refractivity contribution in [1.29, 1.82) is 0 Å². The van der Waals surface area contributed by atoms with Gasteiger partial charge < -0.3 is 4.74 Å². The van der Waals surface area contributed by atoms with Crippen molar-refractivity contribution in [3.05, 3.63) is 36.8 Å². The van der Waals surface area contributed by atoms with Crippen LogP contribution in [0.4, 0.5) is 0 Å². The minimum absolute atomic E-state index is 0.841. The summed E-state index contributed by atoms with van der Waals surface area (Å²) in [6, 6.07) is 8.25. The lowest BCUT2D eigenvalue weighted by Gasteiger charge is -2.06. The van der Waals surface area contributed by atoms with Gasteiger partial charge >= 0.3 is 0 Å². The number of benzene rings is 1. The second-order valence-electron chi connectivity index (χ2n) is 4.28. The third-order valence-corrected chi connectivity index (χ3v) is 2.68. The molecule has 0 fully saturated rings. The van der Waals surface area contributed by atoms with Crippen molar-refractivity contribution in [3.8, 4) is 5.75 Å². The van der Waals surface area contributed by atoms with Crippen LogP contribution in [0.15, 0.2) is 24.3 Å². The summed E-state index contributed by atoms with van der Waals surface area (Å²) in [6.07, 6.45) is 7.39. The zero-order valence-electron chi connectivity index (χ0n) is 10.4. The number of aryl methyl sites for hydroxylation is 1. The molecule has 1 rings (SSSR count). The molecule has 0 aliphatic carbocycles. The second kappa shape index (κ2) is 8.20. The quantitative estimate of drug-likeness (QED) is 0.583. The standard InChI is InChI=1S/C15H23O/c1-3-4-5-6-7-8-13-16-15-11-9-14(2)10-12-15/h9-12H,1,3-8,13H2,2H3. The van der Waals surface area contributed by atoms with E-state index in [4.69, 9.17) is 4.74 Å². The first kappa shape index (κ1) is 13.1. The normalized spacial score (nSPS) is 10.4. The molecule has 0 unspecified atom stereocenters. The lowest BCUT2D eigenvalue weighted by Crippen LogP contribution is -1.97. The van der Waals surface area contributed by atoms with Crippen molar-refractivity contribution < 1.29 is 4.74 Å². The molecule has 0 aliphatic rings. The summed E-state index contributed by atoms with van der Waals surface area (Å²) >= 11 is 0. The van der Waals surface area contributed by atoms with Crippen LogP contribution in [0.1, 0.15) is 44.1 Å². The Balaban J connectivity index is 2.01. The van der Waals surface area contributed by atoms with Crippen molar-refractivity contribution in [2.75, 3.05) is 6.61 Å². The van der Waals surface area contributed by atoms with Crippen LogP contribution in [-0.2, 0) is 0 Å². The van der Waals surface area contributed by atoms with E-state index >= 15 is 0 Å². The molecule has 89 valence electrons. The van der Waals surface area contributed by atoms with Crippen molar-refractivity contribution in [1.82, 2.24) is 0 Å². The fourth-order valence-corrected chi connectivity index (χ4v) is 1.63. The molecule has 0 aromatic heterocycles. The van der Waals surface area contributed by atoms with Gasteiger partial charge in [0.1, 0.15) is 5.75 Å². The van der Waals surface area contributed by atoms with E-state index in [1.807, 2.05) is 12.1 Å². The third kappa shape index (κ3) is 5.79. The minimum atomic E-state index is 0.841. The number of hydrogen-bond donors (Lipinski definition) is 0. The van der Waals surface area contributed by atoms with Gasteiger partial charge in [-0.1, -0.05) is 56.7 Å². The predicted octanol–water partition coefficient (Wildman–Crippen LogP) is 4.55. The summed E-state index contributed by atoms with van der Waals surface area (Å²) in [6.45, 7) is 6.77. The maximum atomic E-state index is 5.66. The predicted molar refractivity (Wildman–Crippen MR) is 69.7 cm³/mol. The third-order valence-electron chi connectivity index (χ3n) is 2.68. The molecule has 1 radical (unpaired) electrons. The zero-order valence-corrected chi connectivity index (χ0v) is 10.4. The Morgan fingerprint density at radius 1 is 0.938 bits per heavy atom. The number of hydrogen-bond acceptors (Lipinski definition) is 1. The summed E-state index contributed by atoms with van der Waals surface area (Å²) in [5.74, 6) is 0.989. The second-order valence-corrected chi connectivity index (χ2v) is 4.28. The van der Waals surface area contributed by atoms with E-state index in [0.29, 0.717) is 0 Å². The van der Waals surface area contributed by atoms with Crippen LogP contribution in [0, 0.1) is 13.8 Å². The molecule has 0 spiro atoms. The van der Waals surface area contributed by atoms with Gasteiger partial charge in [-0.05, 0) is 25.5 Å². The molecule has 0 saturated carbocycles. The van der Waals surface area contributed by atoms with Gasteiger partial charge in [-0.2, -0.15) is 0 Å². The monoisotopic (exact) mass is 219 g/mol. The van der Waals surface area contributed by atoms with E-state index < -0.39 is 0 Å². The molecular weight excluding hydrogens is 196 g/mol. The molecule has 0 bridgehead atoms. The molecular formula is C15H23O. The van der Waals surface area contributed by atoms with Crippen molar-refractivity contribution in [2.24, 2.45) is 0 Å². The van der Waals surface area contributed by atoms with Crippen LogP contribution < -0.4 is 4.74 Å². The highest BCUT2D eigenvalue weighted by molar-refractivity contribution is 5.26. The van der Waals surface area contributed by atoms with Crippen LogP contribution in [0.2, 0.25) is 0 Å². The molecule has 0 heterocycles. The van der Waals surface area contributed by atoms with Crippen LogP contribution in [0.5, 0.6) is 5.75 Å². The van der Waals surface area contributed by atoms with Crippen molar-refractivity contribution in [2.45, 2.75) is 45.4 Å². The summed E-state index contributed by atoms with van der Waals surface area (Å²) in [5, 5.41) is 0. The molecule has 1 nitrogen and oxygen atoms in total. The zero-order chi connectivity index (χ0) is 11.6. The van der Waals surface area contributed by atoms with E-state index in [0.717, 1.165) is 25.2 Å². The Morgan fingerprint density at radius 2 is 1.56 bits per heavy atom. The van der Waals surface area contributed by atoms with Gasteiger partial charge in [0, 0.05) is 0 Å². The fraction of sp³-hybridized carbons (Fsp3) is 0.533. The largest absolute Gasteiger partial charge is 0.494 e. The molecule has 0 aliphatic heterocycles. The molecule has 1 aromatic carbocycles. The van der Waals surface area contributed by atoms with Crippen LogP contribution in [0.25, 0.3) is 0 Å². The molecule has 16 heavy (non-hydrogen) atoms. The van der Waals surface area contributed by atoms with Crippen LogP contribution in [-0.4, -0.2) is 6.61 Å². The molecule has 0 atom stereocenters. The van der Waals surface area contributed by atoms with Gasteiger partial charge in [0.15, 0.2) is 0 Å². The smallest absolute Gasteiger partial charge is 0.119 e. The number of ether oxygens (including phenoxy) is 1. The maximum Gasteiger partial charge on any atom is 0.119 e. The number of unbranched alkanes of at least 4 members (excludes halogenated alkanes) is 5. The molecule has 1 aromatic rings. The summed E-state index contributed by atoms with van der Waals surface area (Å²) in [4.78, 5) is 0. The first-order valence-corrected chi connectivity index (χ1v) is 6.31. The highest BCUT2D eigenvalue weighted by atomic mass is 16.5. The van der Waals surface area contributed by atoms with E-state index in [1.165, 1.54) is 31.2 Å². The van der Waals surface area contributed by atoms with Gasteiger partial charge in [0.05, 0.1) is 6.61 Å². The first-order chi connectivity index (χ1) is 7.83. The van der Waals surface area contributed by atoms with Crippen LogP contribution >= 0.6 is 0 Å². The van der Waals surface area contributed by atoms with Gasteiger partial charge in [0.2, 0.25) is 0 Å². The fourth-order valence-electron chi connectivity index (χ4n) is 1.63. The Bertz CT molecular complexity index is 263. The highest BCUT2D eigenvalue weighted by Crippen LogP contribution is 2.12.